The zero-order valence-electron chi connectivity index (χ0n) is 10.2. The van der Waals surface area contributed by atoms with Gasteiger partial charge in [0.1, 0.15) is 12.5 Å². The first-order valence-electron chi connectivity index (χ1n) is 5.60. The minimum Gasteiger partial charge on any atom is -0.435 e. The van der Waals surface area contributed by atoms with Crippen molar-refractivity contribution in [3.8, 4) is 5.75 Å². The highest BCUT2D eigenvalue weighted by molar-refractivity contribution is 5.38. The third-order valence-electron chi connectivity index (χ3n) is 2.15. The first-order valence-corrected chi connectivity index (χ1v) is 5.60. The molecule has 1 saturated carbocycles. The lowest BCUT2D eigenvalue weighted by Crippen LogP contribution is -2.03. The first kappa shape index (κ1) is 15.6. The lowest BCUT2D eigenvalue weighted by Gasteiger charge is -2.08. The van der Waals surface area contributed by atoms with Crippen LogP contribution < -0.4 is 4.74 Å². The SMILES string of the molecule is C=O.CC.FC(F)Oc1ccccc1C1CC1. The van der Waals surface area contributed by atoms with Gasteiger partial charge in [0.15, 0.2) is 0 Å². The van der Waals surface area contributed by atoms with Crippen molar-refractivity contribution < 1.29 is 18.3 Å². The molecule has 2 rings (SSSR count). The molecule has 0 radical (unpaired) electrons. The molecule has 96 valence electrons. The van der Waals surface area contributed by atoms with E-state index in [0.29, 0.717) is 11.7 Å². The van der Waals surface area contributed by atoms with E-state index in [1.807, 2.05) is 32.8 Å². The summed E-state index contributed by atoms with van der Waals surface area (Å²) in [6, 6.07) is 7.02. The molecule has 1 fully saturated rings. The Morgan fingerprint density at radius 1 is 1.24 bits per heavy atom. The molecule has 0 amide bonds. The molecule has 0 heterocycles. The molecule has 0 N–H and O–H groups in total. The van der Waals surface area contributed by atoms with Crippen LogP contribution in [0.2, 0.25) is 0 Å². The van der Waals surface area contributed by atoms with Gasteiger partial charge in [-0.25, -0.2) is 0 Å². The van der Waals surface area contributed by atoms with Crippen molar-refractivity contribution in [1.82, 2.24) is 0 Å². The topological polar surface area (TPSA) is 26.3 Å². The number of halogens is 2. The fraction of sp³-hybridized carbons (Fsp3) is 0.462. The number of benzene rings is 1. The van der Waals surface area contributed by atoms with E-state index in [4.69, 9.17) is 4.79 Å². The molecule has 4 heteroatoms. The third-order valence-corrected chi connectivity index (χ3v) is 2.15. The van der Waals surface area contributed by atoms with E-state index in [-0.39, 0.29) is 0 Å². The van der Waals surface area contributed by atoms with Crippen LogP contribution in [0.3, 0.4) is 0 Å². The highest BCUT2D eigenvalue weighted by atomic mass is 19.3. The van der Waals surface area contributed by atoms with Gasteiger partial charge >= 0.3 is 6.61 Å². The van der Waals surface area contributed by atoms with Crippen molar-refractivity contribution in [3.63, 3.8) is 0 Å². The molecular formula is C13H18F2O2. The maximum absolute atomic E-state index is 12.0. The van der Waals surface area contributed by atoms with Gasteiger partial charge in [0.2, 0.25) is 0 Å². The molecule has 0 aromatic heterocycles. The van der Waals surface area contributed by atoms with E-state index < -0.39 is 6.61 Å². The van der Waals surface area contributed by atoms with Gasteiger partial charge in [-0.3, -0.25) is 0 Å². The minimum atomic E-state index is -2.72. The second-order valence-electron chi connectivity index (χ2n) is 3.19. The van der Waals surface area contributed by atoms with Gasteiger partial charge in [0.25, 0.3) is 0 Å². The number of hydrogen-bond acceptors (Lipinski definition) is 2. The number of carbonyl (C=O) groups excluding carboxylic acids is 1. The molecular weight excluding hydrogens is 226 g/mol. The Hall–Kier alpha value is -1.45. The Labute approximate surface area is 101 Å². The zero-order valence-corrected chi connectivity index (χ0v) is 10.2. The lowest BCUT2D eigenvalue weighted by molar-refractivity contribution is -0.0980. The van der Waals surface area contributed by atoms with Crippen molar-refractivity contribution >= 4 is 6.79 Å². The van der Waals surface area contributed by atoms with E-state index in [0.717, 1.165) is 18.4 Å². The van der Waals surface area contributed by atoms with Gasteiger partial charge in [0, 0.05) is 0 Å². The molecule has 1 aliphatic carbocycles. The largest absolute Gasteiger partial charge is 0.435 e. The van der Waals surface area contributed by atoms with Gasteiger partial charge in [-0.2, -0.15) is 8.78 Å². The predicted molar refractivity (Wildman–Crippen MR) is 63.5 cm³/mol. The smallest absolute Gasteiger partial charge is 0.387 e. The second-order valence-corrected chi connectivity index (χ2v) is 3.19. The lowest BCUT2D eigenvalue weighted by atomic mass is 10.1. The van der Waals surface area contributed by atoms with Crippen LogP contribution in [-0.2, 0) is 4.79 Å². The van der Waals surface area contributed by atoms with Gasteiger partial charge in [0.05, 0.1) is 0 Å². The second kappa shape index (κ2) is 8.67. The van der Waals surface area contributed by atoms with Crippen LogP contribution in [0.5, 0.6) is 5.75 Å². The Morgan fingerprint density at radius 2 is 1.76 bits per heavy atom. The summed E-state index contributed by atoms with van der Waals surface area (Å²) < 4.78 is 28.3. The van der Waals surface area contributed by atoms with Crippen LogP contribution in [0.4, 0.5) is 8.78 Å². The number of ether oxygens (including phenoxy) is 1. The van der Waals surface area contributed by atoms with E-state index >= 15 is 0 Å². The van der Waals surface area contributed by atoms with E-state index in [9.17, 15) is 8.78 Å². The molecule has 17 heavy (non-hydrogen) atoms. The van der Waals surface area contributed by atoms with Gasteiger partial charge < -0.3 is 9.53 Å². The summed E-state index contributed by atoms with van der Waals surface area (Å²) in [6.45, 7) is 3.28. The Morgan fingerprint density at radius 3 is 2.24 bits per heavy atom. The molecule has 2 nitrogen and oxygen atoms in total. The first-order chi connectivity index (χ1) is 8.27. The van der Waals surface area contributed by atoms with E-state index in [2.05, 4.69) is 4.74 Å². The van der Waals surface area contributed by atoms with Crippen molar-refractivity contribution in [1.29, 1.82) is 0 Å². The standard InChI is InChI=1S/C10H10F2O.C2H6.CH2O/c11-10(12)13-9-4-2-1-3-8(9)7-5-6-7;2*1-2/h1-4,7,10H,5-6H2;1-2H3;1H2. The predicted octanol–water partition coefficient (Wildman–Crippen LogP) is 4.01. The molecule has 0 spiro atoms. The fourth-order valence-electron chi connectivity index (χ4n) is 1.42. The maximum atomic E-state index is 12.0. The summed E-state index contributed by atoms with van der Waals surface area (Å²) in [5.41, 5.74) is 0.919. The molecule has 1 aromatic rings. The van der Waals surface area contributed by atoms with E-state index in [1.54, 1.807) is 12.1 Å². The Bertz CT molecular complexity index is 312. The molecule has 0 bridgehead atoms. The van der Waals surface area contributed by atoms with Crippen molar-refractivity contribution in [3.05, 3.63) is 29.8 Å². The van der Waals surface area contributed by atoms with Crippen LogP contribution in [0, 0.1) is 0 Å². The van der Waals surface area contributed by atoms with Crippen LogP contribution in [0.1, 0.15) is 38.2 Å². The Kier molecular flexibility index (Phi) is 7.93. The summed E-state index contributed by atoms with van der Waals surface area (Å²) in [5, 5.41) is 0. The van der Waals surface area contributed by atoms with E-state index in [1.165, 1.54) is 0 Å². The average Bonchev–Trinajstić information content (AvgIpc) is 3.18. The third kappa shape index (κ3) is 5.43. The fourth-order valence-corrected chi connectivity index (χ4v) is 1.42. The number of alkyl halides is 2. The maximum Gasteiger partial charge on any atom is 0.387 e. The Balaban J connectivity index is 0.000000581. The summed E-state index contributed by atoms with van der Waals surface area (Å²) in [7, 11) is 0. The molecule has 1 aromatic carbocycles. The van der Waals surface area contributed by atoms with Crippen molar-refractivity contribution in [2.24, 2.45) is 0 Å². The molecule has 1 aliphatic rings. The number of hydrogen-bond donors (Lipinski definition) is 0. The normalized spacial score (nSPS) is 13.0. The zero-order chi connectivity index (χ0) is 13.3. The average molecular weight is 244 g/mol. The van der Waals surface area contributed by atoms with Crippen LogP contribution >= 0.6 is 0 Å². The monoisotopic (exact) mass is 244 g/mol. The minimum absolute atomic E-state index is 0.333. The van der Waals surface area contributed by atoms with Gasteiger partial charge in [-0.1, -0.05) is 32.0 Å². The van der Waals surface area contributed by atoms with Crippen LogP contribution in [0.25, 0.3) is 0 Å². The summed E-state index contributed by atoms with van der Waals surface area (Å²) >= 11 is 0. The van der Waals surface area contributed by atoms with Crippen LogP contribution in [-0.4, -0.2) is 13.4 Å². The molecule has 0 unspecified atom stereocenters. The number of para-hydroxylation sites is 1. The molecule has 0 atom stereocenters. The molecule has 0 aliphatic heterocycles. The van der Waals surface area contributed by atoms with Crippen molar-refractivity contribution in [2.45, 2.75) is 39.2 Å². The van der Waals surface area contributed by atoms with Crippen LogP contribution in [0.15, 0.2) is 24.3 Å². The summed E-state index contributed by atoms with van der Waals surface area (Å²) in [5.74, 6) is 0.773. The quantitative estimate of drug-likeness (QED) is 0.803. The highest BCUT2D eigenvalue weighted by Crippen LogP contribution is 2.44. The van der Waals surface area contributed by atoms with Gasteiger partial charge in [-0.05, 0) is 30.4 Å². The summed E-state index contributed by atoms with van der Waals surface area (Å²) in [4.78, 5) is 8.00. The number of carbonyl (C=O) groups is 1. The van der Waals surface area contributed by atoms with Gasteiger partial charge in [-0.15, -0.1) is 0 Å². The van der Waals surface area contributed by atoms with Crippen molar-refractivity contribution in [2.75, 3.05) is 0 Å². The molecule has 0 saturated heterocycles. The summed E-state index contributed by atoms with van der Waals surface area (Å²) in [6.07, 6.45) is 2.17. The highest BCUT2D eigenvalue weighted by Gasteiger charge is 2.27. The number of rotatable bonds is 3.